The summed E-state index contributed by atoms with van der Waals surface area (Å²) in [7, 11) is 3.54. The molecule has 1 amide bonds. The molecule has 0 aliphatic rings. The molecule has 0 unspecified atom stereocenters. The molecule has 0 fully saturated rings. The standard InChI is InChI=1S/C43H52N3O4S2/c1-3-49-41-19-15-36(16-20-41)11-13-38-23-30-45(31-24-38)28-5-8-40(47)9-7-34-51-52-35-27-44-43(48)10-6-29-46-32-25-39(26-33-46)14-12-37-17-21-42(22-18-37)50-4-2/h11-26,30-33H,3-10,27-29,34-35H2,1-2H3/q+1/p+1/b13-11+,14-12+. The number of ether oxygens (including phenoxy) is 2. The number of hydrogen-bond donors (Lipinski definition) is 1. The van der Waals surface area contributed by atoms with E-state index in [1.807, 2.05) is 50.2 Å². The Kier molecular flexibility index (Phi) is 18.7. The molecule has 0 saturated heterocycles. The molecule has 0 radical (unpaired) electrons. The van der Waals surface area contributed by atoms with Crippen LogP contribution in [0, 0.1) is 0 Å². The van der Waals surface area contributed by atoms with Crippen LogP contribution in [-0.2, 0) is 22.7 Å². The normalized spacial score (nSPS) is 11.3. The third-order valence-electron chi connectivity index (χ3n) is 8.12. The average molecular weight is 740 g/mol. The Morgan fingerprint density at radius 3 is 1.48 bits per heavy atom. The molecule has 52 heavy (non-hydrogen) atoms. The van der Waals surface area contributed by atoms with Crippen LogP contribution < -0.4 is 23.9 Å². The van der Waals surface area contributed by atoms with E-state index in [4.69, 9.17) is 9.47 Å². The Hall–Kier alpha value is -4.34. The highest BCUT2D eigenvalue weighted by molar-refractivity contribution is 8.76. The molecule has 7 nitrogen and oxygen atoms in total. The second-order valence-corrected chi connectivity index (χ2v) is 15.0. The summed E-state index contributed by atoms with van der Waals surface area (Å²) in [6.07, 6.45) is 20.9. The fourth-order valence-corrected chi connectivity index (χ4v) is 7.29. The Morgan fingerprint density at radius 2 is 1.00 bits per heavy atom. The number of rotatable bonds is 24. The highest BCUT2D eigenvalue weighted by Crippen LogP contribution is 2.22. The van der Waals surface area contributed by atoms with Crippen LogP contribution in [0.5, 0.6) is 11.5 Å². The number of amides is 1. The van der Waals surface area contributed by atoms with Gasteiger partial charge in [-0.1, -0.05) is 70.2 Å². The molecule has 2 heterocycles. The lowest BCUT2D eigenvalue weighted by Gasteiger charge is -2.05. The molecule has 4 rings (SSSR count). The molecule has 0 aliphatic carbocycles. The predicted octanol–water partition coefficient (Wildman–Crippen LogP) is 8.51. The van der Waals surface area contributed by atoms with Crippen molar-refractivity contribution in [1.82, 2.24) is 5.32 Å². The number of hydrogen-bond acceptors (Lipinski definition) is 6. The summed E-state index contributed by atoms with van der Waals surface area (Å²) in [6.45, 7) is 7.60. The van der Waals surface area contributed by atoms with E-state index in [2.05, 4.69) is 99.9 Å². The largest absolute Gasteiger partial charge is 0.494 e. The molecule has 0 saturated carbocycles. The zero-order chi connectivity index (χ0) is 36.6. The third-order valence-corrected chi connectivity index (χ3v) is 10.6. The highest BCUT2D eigenvalue weighted by atomic mass is 33.1. The maximum atomic E-state index is 12.4. The minimum absolute atomic E-state index is 0.0951. The van der Waals surface area contributed by atoms with Gasteiger partial charge in [0.25, 0.3) is 0 Å². The van der Waals surface area contributed by atoms with E-state index < -0.39 is 0 Å². The van der Waals surface area contributed by atoms with Crippen LogP contribution in [0.1, 0.15) is 74.6 Å². The first-order chi connectivity index (χ1) is 25.5. The molecule has 1 N–H and O–H groups in total. The molecule has 4 aromatic rings. The number of carbonyl (C=O) groups is 2. The van der Waals surface area contributed by atoms with Crippen LogP contribution in [0.3, 0.4) is 0 Å². The summed E-state index contributed by atoms with van der Waals surface area (Å²) in [4.78, 5) is 24.6. The van der Waals surface area contributed by atoms with Crippen LogP contribution in [-0.4, -0.2) is 43.0 Å². The van der Waals surface area contributed by atoms with Gasteiger partial charge in [0.1, 0.15) is 30.4 Å². The first-order valence-corrected chi connectivity index (χ1v) is 20.8. The molecular weight excluding hydrogens is 687 g/mol. The van der Waals surface area contributed by atoms with E-state index in [0.29, 0.717) is 44.8 Å². The van der Waals surface area contributed by atoms with Crippen LogP contribution in [0.25, 0.3) is 24.3 Å². The van der Waals surface area contributed by atoms with Gasteiger partial charge in [0.15, 0.2) is 24.8 Å². The van der Waals surface area contributed by atoms with Gasteiger partial charge in [-0.2, -0.15) is 0 Å². The van der Waals surface area contributed by atoms with Crippen LogP contribution in [0.15, 0.2) is 97.6 Å². The topological polar surface area (TPSA) is 72.4 Å². The van der Waals surface area contributed by atoms with Crippen molar-refractivity contribution in [3.8, 4) is 11.5 Å². The van der Waals surface area contributed by atoms with Crippen molar-refractivity contribution in [3.63, 3.8) is 0 Å². The second-order valence-electron chi connectivity index (χ2n) is 12.3. The Labute approximate surface area is 317 Å². The van der Waals surface area contributed by atoms with E-state index in [9.17, 15) is 9.59 Å². The second kappa shape index (κ2) is 24.0. The monoisotopic (exact) mass is 739 g/mol. The van der Waals surface area contributed by atoms with Gasteiger partial charge >= 0.3 is 0 Å². The van der Waals surface area contributed by atoms with Crippen molar-refractivity contribution < 1.29 is 28.2 Å². The fourth-order valence-electron chi connectivity index (χ4n) is 5.30. The van der Waals surface area contributed by atoms with Crippen molar-refractivity contribution in [3.05, 3.63) is 120 Å². The maximum Gasteiger partial charge on any atom is 0.220 e. The van der Waals surface area contributed by atoms with E-state index in [-0.39, 0.29) is 5.91 Å². The third kappa shape index (κ3) is 16.3. The maximum absolute atomic E-state index is 12.4. The molecule has 0 spiro atoms. The highest BCUT2D eigenvalue weighted by Gasteiger charge is 2.07. The number of nitrogens with one attached hydrogen (secondary N) is 1. The molecule has 0 atom stereocenters. The molecule has 9 heteroatoms. The molecule has 2 aromatic carbocycles. The van der Waals surface area contributed by atoms with Gasteiger partial charge in [0, 0.05) is 74.4 Å². The van der Waals surface area contributed by atoms with Gasteiger partial charge in [-0.05, 0) is 66.8 Å². The Bertz CT molecular complexity index is 1550. The van der Waals surface area contributed by atoms with Crippen LogP contribution in [0.2, 0.25) is 0 Å². The van der Waals surface area contributed by atoms with Crippen molar-refractivity contribution in [2.45, 2.75) is 65.5 Å². The summed E-state index contributed by atoms with van der Waals surface area (Å²) in [5.41, 5.74) is 4.52. The van der Waals surface area contributed by atoms with Crippen LogP contribution in [0.4, 0.5) is 0 Å². The van der Waals surface area contributed by atoms with E-state index >= 15 is 0 Å². The zero-order valence-corrected chi connectivity index (χ0v) is 32.2. The summed E-state index contributed by atoms with van der Waals surface area (Å²) >= 11 is 0. The Balaban J connectivity index is 0.961. The Morgan fingerprint density at radius 1 is 0.577 bits per heavy atom. The van der Waals surface area contributed by atoms with Crippen molar-refractivity contribution in [1.29, 1.82) is 0 Å². The van der Waals surface area contributed by atoms with Crippen molar-refractivity contribution in [2.75, 3.05) is 31.3 Å². The number of pyridine rings is 2. The van der Waals surface area contributed by atoms with E-state index in [0.717, 1.165) is 77.6 Å². The summed E-state index contributed by atoms with van der Waals surface area (Å²) < 4.78 is 15.2. The van der Waals surface area contributed by atoms with E-state index in [1.165, 1.54) is 0 Å². The predicted molar refractivity (Wildman–Crippen MR) is 217 cm³/mol. The summed E-state index contributed by atoms with van der Waals surface area (Å²) in [5, 5.41) is 3.03. The first kappa shape index (κ1) is 40.4. The summed E-state index contributed by atoms with van der Waals surface area (Å²) in [6, 6.07) is 24.5. The van der Waals surface area contributed by atoms with Crippen LogP contribution >= 0.6 is 21.6 Å². The van der Waals surface area contributed by atoms with Gasteiger partial charge < -0.3 is 14.8 Å². The number of Topliss-reactive ketones (excluding diaryl/α,β-unsaturated/α-hetero) is 1. The molecular formula is C43H53N3O4S2+2. The smallest absolute Gasteiger partial charge is 0.220 e. The van der Waals surface area contributed by atoms with Gasteiger partial charge in [0.2, 0.25) is 5.91 Å². The molecule has 0 aliphatic heterocycles. The van der Waals surface area contributed by atoms with Gasteiger partial charge in [0.05, 0.1) is 13.2 Å². The minimum atomic E-state index is 0.0951. The van der Waals surface area contributed by atoms with Crippen molar-refractivity contribution >= 4 is 57.6 Å². The number of ketones is 1. The number of nitrogens with zero attached hydrogens (tertiary/aromatic N) is 2. The van der Waals surface area contributed by atoms with Gasteiger partial charge in [-0.25, -0.2) is 9.13 Å². The fraction of sp³-hybridized carbons (Fsp3) is 0.349. The van der Waals surface area contributed by atoms with Gasteiger partial charge in [-0.15, -0.1) is 0 Å². The number of aryl methyl sites for hydroxylation is 2. The lowest BCUT2D eigenvalue weighted by molar-refractivity contribution is -0.697. The zero-order valence-electron chi connectivity index (χ0n) is 30.6. The summed E-state index contributed by atoms with van der Waals surface area (Å²) in [5.74, 6) is 4.00. The number of benzene rings is 2. The van der Waals surface area contributed by atoms with Gasteiger partial charge in [-0.3, -0.25) is 9.59 Å². The SMILES string of the molecule is CCOc1ccc(/C=C/c2cc[n+](CCCC(=O)CCCSSCCNC(=O)CCC[n+]3ccc(/C=C/c4ccc(OCC)cc4)cc3)cc2)cc1. The number of aromatic nitrogens is 2. The first-order valence-electron chi connectivity index (χ1n) is 18.3. The van der Waals surface area contributed by atoms with E-state index in [1.54, 1.807) is 21.6 Å². The lowest BCUT2D eigenvalue weighted by atomic mass is 10.1. The molecule has 2 aromatic heterocycles. The number of carbonyl (C=O) groups excluding carboxylic acids is 2. The lowest BCUT2D eigenvalue weighted by Crippen LogP contribution is -2.34. The van der Waals surface area contributed by atoms with Crippen molar-refractivity contribution in [2.24, 2.45) is 0 Å². The quantitative estimate of drug-likeness (QED) is 0.0442. The minimum Gasteiger partial charge on any atom is -0.494 e. The average Bonchev–Trinajstić information content (AvgIpc) is 3.16. The molecule has 274 valence electrons. The molecule has 0 bridgehead atoms.